The third kappa shape index (κ3) is 2.28. The van der Waals surface area contributed by atoms with E-state index >= 15 is 0 Å². The Kier molecular flexibility index (Phi) is 3.30. The Hall–Kier alpha value is -2.41. The molecule has 1 amide bonds. The van der Waals surface area contributed by atoms with Gasteiger partial charge < -0.3 is 4.98 Å². The van der Waals surface area contributed by atoms with E-state index < -0.39 is 17.0 Å². The largest absolute Gasteiger partial charge is 0.345 e. The highest BCUT2D eigenvalue weighted by molar-refractivity contribution is 8.00. The number of hydrogen-bond acceptors (Lipinski definition) is 3. The Morgan fingerprint density at radius 3 is 2.78 bits per heavy atom. The van der Waals surface area contributed by atoms with Gasteiger partial charge in [-0.15, -0.1) is 11.8 Å². The predicted octanol–water partition coefficient (Wildman–Crippen LogP) is 3.62. The van der Waals surface area contributed by atoms with Gasteiger partial charge in [0.25, 0.3) is 0 Å². The molecule has 0 aliphatic carbocycles. The maximum Gasteiger partial charge on any atom is 0.238 e. The molecule has 4 rings (SSSR count). The van der Waals surface area contributed by atoms with Crippen LogP contribution < -0.4 is 4.90 Å². The second kappa shape index (κ2) is 5.34. The van der Waals surface area contributed by atoms with Gasteiger partial charge in [0.15, 0.2) is 0 Å². The van der Waals surface area contributed by atoms with Crippen molar-refractivity contribution in [1.29, 1.82) is 0 Å². The first-order chi connectivity index (χ1) is 11.1. The van der Waals surface area contributed by atoms with Crippen molar-refractivity contribution in [3.63, 3.8) is 0 Å². The van der Waals surface area contributed by atoms with E-state index in [4.69, 9.17) is 0 Å². The zero-order valence-electron chi connectivity index (χ0n) is 11.8. The van der Waals surface area contributed by atoms with E-state index in [9.17, 15) is 13.6 Å². The fourth-order valence-electron chi connectivity index (χ4n) is 2.74. The predicted molar refractivity (Wildman–Crippen MR) is 85.1 cm³/mol. The molecule has 1 aromatic heterocycles. The number of H-pyrrole nitrogens is 1. The quantitative estimate of drug-likeness (QED) is 0.780. The van der Waals surface area contributed by atoms with Crippen LogP contribution in [0.3, 0.4) is 0 Å². The van der Waals surface area contributed by atoms with Crippen molar-refractivity contribution < 1.29 is 13.6 Å². The van der Waals surface area contributed by atoms with Crippen LogP contribution in [0.25, 0.3) is 11.0 Å². The lowest BCUT2D eigenvalue weighted by Gasteiger charge is -2.25. The summed E-state index contributed by atoms with van der Waals surface area (Å²) in [6.07, 6.45) is 1.56. The number of anilines is 1. The number of aromatic amines is 1. The second-order valence-corrected chi connectivity index (χ2v) is 6.23. The van der Waals surface area contributed by atoms with Crippen molar-refractivity contribution in [2.75, 3.05) is 10.7 Å². The average molecular weight is 331 g/mol. The number of nitrogens with one attached hydrogen (secondary N) is 1. The first-order valence-corrected chi connectivity index (χ1v) is 8.01. The fraction of sp³-hybridized carbons (Fsp3) is 0.125. The standard InChI is InChI=1S/C16H11F2N3OS/c17-10-2-1-3-11(18)15(10)16-21(14(22)7-23-16)9-4-5-12-13(6-9)20-8-19-12/h1-6,8,16H,7H2,(H,19,20). The van der Waals surface area contributed by atoms with Crippen LogP contribution in [0.5, 0.6) is 0 Å². The van der Waals surface area contributed by atoms with E-state index in [2.05, 4.69) is 9.97 Å². The van der Waals surface area contributed by atoms with E-state index in [1.807, 2.05) is 0 Å². The van der Waals surface area contributed by atoms with Crippen molar-refractivity contribution in [2.24, 2.45) is 0 Å². The van der Waals surface area contributed by atoms with Gasteiger partial charge in [-0.3, -0.25) is 9.69 Å². The van der Waals surface area contributed by atoms with Crippen LogP contribution in [0.4, 0.5) is 14.5 Å². The molecule has 1 atom stereocenters. The highest BCUT2D eigenvalue weighted by Crippen LogP contribution is 2.43. The molecule has 1 saturated heterocycles. The molecule has 1 N–H and O–H groups in total. The van der Waals surface area contributed by atoms with Gasteiger partial charge in [0.1, 0.15) is 17.0 Å². The van der Waals surface area contributed by atoms with Crippen molar-refractivity contribution in [2.45, 2.75) is 5.37 Å². The number of nitrogens with zero attached hydrogens (tertiary/aromatic N) is 2. The first kappa shape index (κ1) is 14.2. The van der Waals surface area contributed by atoms with Crippen LogP contribution in [0.2, 0.25) is 0 Å². The summed E-state index contributed by atoms with van der Waals surface area (Å²) in [5.41, 5.74) is 2.03. The number of fused-ring (bicyclic) bond motifs is 1. The molecule has 1 unspecified atom stereocenters. The highest BCUT2D eigenvalue weighted by Gasteiger charge is 2.37. The van der Waals surface area contributed by atoms with Gasteiger partial charge >= 0.3 is 0 Å². The van der Waals surface area contributed by atoms with Crippen molar-refractivity contribution in [3.05, 3.63) is 59.9 Å². The van der Waals surface area contributed by atoms with E-state index in [1.54, 1.807) is 24.5 Å². The summed E-state index contributed by atoms with van der Waals surface area (Å²) in [7, 11) is 0. The highest BCUT2D eigenvalue weighted by atomic mass is 32.2. The molecule has 1 aliphatic heterocycles. The molecule has 0 saturated carbocycles. The number of imidazole rings is 1. The van der Waals surface area contributed by atoms with Gasteiger partial charge in [-0.1, -0.05) is 6.07 Å². The SMILES string of the molecule is O=C1CSC(c2c(F)cccc2F)N1c1ccc2nc[nH]c2c1. The molecule has 23 heavy (non-hydrogen) atoms. The maximum absolute atomic E-state index is 14.1. The number of rotatable bonds is 2. The van der Waals surface area contributed by atoms with Crippen LogP contribution in [0, 0.1) is 11.6 Å². The number of carbonyl (C=O) groups is 1. The number of thioether (sulfide) groups is 1. The van der Waals surface area contributed by atoms with Crippen molar-refractivity contribution in [1.82, 2.24) is 9.97 Å². The fourth-order valence-corrected chi connectivity index (χ4v) is 3.96. The molecular weight excluding hydrogens is 320 g/mol. The molecule has 2 heterocycles. The summed E-state index contributed by atoms with van der Waals surface area (Å²) in [6.45, 7) is 0. The summed E-state index contributed by atoms with van der Waals surface area (Å²) in [4.78, 5) is 20.8. The zero-order chi connectivity index (χ0) is 16.0. The zero-order valence-corrected chi connectivity index (χ0v) is 12.6. The average Bonchev–Trinajstić information content (AvgIpc) is 3.13. The minimum atomic E-state index is -0.718. The number of aromatic nitrogens is 2. The molecule has 116 valence electrons. The third-order valence-corrected chi connectivity index (χ3v) is 4.97. The number of hydrogen-bond donors (Lipinski definition) is 1. The number of halogens is 2. The summed E-state index contributed by atoms with van der Waals surface area (Å²) >= 11 is 1.21. The number of benzene rings is 2. The summed E-state index contributed by atoms with van der Waals surface area (Å²) in [6, 6.07) is 9.00. The summed E-state index contributed by atoms with van der Waals surface area (Å²) in [5, 5.41) is -0.718. The van der Waals surface area contributed by atoms with Gasteiger partial charge in [0, 0.05) is 5.69 Å². The molecule has 7 heteroatoms. The molecule has 1 aliphatic rings. The molecule has 1 fully saturated rings. The van der Waals surface area contributed by atoms with Crippen LogP contribution in [-0.2, 0) is 4.79 Å². The Balaban J connectivity index is 1.82. The van der Waals surface area contributed by atoms with Gasteiger partial charge in [-0.2, -0.15) is 0 Å². The Bertz CT molecular complexity index is 891. The molecular formula is C16H11F2N3OS. The monoisotopic (exact) mass is 331 g/mol. The van der Waals surface area contributed by atoms with Crippen LogP contribution >= 0.6 is 11.8 Å². The van der Waals surface area contributed by atoms with Crippen molar-refractivity contribution >= 4 is 34.4 Å². The molecule has 3 aromatic rings. The Labute approximate surface area is 134 Å². The van der Waals surface area contributed by atoms with E-state index in [-0.39, 0.29) is 17.2 Å². The lowest BCUT2D eigenvalue weighted by atomic mass is 10.1. The normalized spacial score (nSPS) is 18.1. The maximum atomic E-state index is 14.1. The van der Waals surface area contributed by atoms with E-state index in [0.717, 1.165) is 11.0 Å². The molecule has 0 spiro atoms. The first-order valence-electron chi connectivity index (χ1n) is 6.96. The topological polar surface area (TPSA) is 49.0 Å². The van der Waals surface area contributed by atoms with Gasteiger partial charge in [0.2, 0.25) is 5.91 Å². The second-order valence-electron chi connectivity index (χ2n) is 5.17. The van der Waals surface area contributed by atoms with Crippen LogP contribution in [-0.4, -0.2) is 21.6 Å². The van der Waals surface area contributed by atoms with Gasteiger partial charge in [-0.25, -0.2) is 13.8 Å². The van der Waals surface area contributed by atoms with Crippen LogP contribution in [0.15, 0.2) is 42.7 Å². The van der Waals surface area contributed by atoms with Crippen molar-refractivity contribution in [3.8, 4) is 0 Å². The molecule has 0 radical (unpaired) electrons. The molecule has 0 bridgehead atoms. The Morgan fingerprint density at radius 2 is 2.00 bits per heavy atom. The summed E-state index contributed by atoms with van der Waals surface area (Å²) < 4.78 is 28.2. The lowest BCUT2D eigenvalue weighted by Crippen LogP contribution is -2.28. The molecule has 4 nitrogen and oxygen atoms in total. The van der Waals surface area contributed by atoms with Gasteiger partial charge in [-0.05, 0) is 30.3 Å². The third-order valence-electron chi connectivity index (χ3n) is 3.80. The molecule has 2 aromatic carbocycles. The number of carbonyl (C=O) groups excluding carboxylic acids is 1. The number of amides is 1. The minimum absolute atomic E-state index is 0.0898. The minimum Gasteiger partial charge on any atom is -0.345 e. The summed E-state index contributed by atoms with van der Waals surface area (Å²) in [5.74, 6) is -1.30. The smallest absolute Gasteiger partial charge is 0.238 e. The van der Waals surface area contributed by atoms with Crippen LogP contribution in [0.1, 0.15) is 10.9 Å². The Morgan fingerprint density at radius 1 is 1.22 bits per heavy atom. The van der Waals surface area contributed by atoms with Gasteiger partial charge in [0.05, 0.1) is 28.7 Å². The lowest BCUT2D eigenvalue weighted by molar-refractivity contribution is -0.115. The van der Waals surface area contributed by atoms with E-state index in [0.29, 0.717) is 5.69 Å². The van der Waals surface area contributed by atoms with E-state index in [1.165, 1.54) is 34.9 Å².